The minimum absolute atomic E-state index is 0.350. The number of ether oxygens (including phenoxy) is 2. The lowest BCUT2D eigenvalue weighted by Crippen LogP contribution is -2.11. The zero-order valence-electron chi connectivity index (χ0n) is 10.3. The molecule has 1 fully saturated rings. The molecule has 0 aromatic heterocycles. The van der Waals surface area contributed by atoms with Crippen LogP contribution in [0.3, 0.4) is 0 Å². The van der Waals surface area contributed by atoms with Crippen LogP contribution in [-0.4, -0.2) is 13.2 Å². The third-order valence-corrected chi connectivity index (χ3v) is 3.09. The van der Waals surface area contributed by atoms with Crippen molar-refractivity contribution in [1.29, 1.82) is 0 Å². The lowest BCUT2D eigenvalue weighted by molar-refractivity contribution is 0.201. The van der Waals surface area contributed by atoms with Gasteiger partial charge in [-0.15, -0.1) is 0 Å². The van der Waals surface area contributed by atoms with Crippen LogP contribution in [0, 0.1) is 6.92 Å². The van der Waals surface area contributed by atoms with Gasteiger partial charge in [-0.05, 0) is 50.3 Å². The van der Waals surface area contributed by atoms with Gasteiger partial charge in [0.05, 0.1) is 13.2 Å². The van der Waals surface area contributed by atoms with E-state index in [1.165, 1.54) is 12.8 Å². The summed E-state index contributed by atoms with van der Waals surface area (Å²) in [6, 6.07) is 5.96. The Bertz CT molecular complexity index is 390. The fraction of sp³-hybridized carbons (Fsp3) is 0.400. The van der Waals surface area contributed by atoms with Crippen LogP contribution in [0.15, 0.2) is 24.3 Å². The molecule has 0 bridgehead atoms. The Balaban J connectivity index is 2.18. The van der Waals surface area contributed by atoms with Gasteiger partial charge in [0.2, 0.25) is 0 Å². The summed E-state index contributed by atoms with van der Waals surface area (Å²) in [6.45, 7) is 3.70. The van der Waals surface area contributed by atoms with Gasteiger partial charge in [-0.2, -0.15) is 0 Å². The van der Waals surface area contributed by atoms with Crippen LogP contribution in [0.5, 0.6) is 11.5 Å². The molecular weight excluding hydrogens is 212 g/mol. The first kappa shape index (κ1) is 12.0. The number of rotatable bonds is 4. The zero-order chi connectivity index (χ0) is 12.1. The van der Waals surface area contributed by atoms with Crippen LogP contribution in [0.4, 0.5) is 0 Å². The highest BCUT2D eigenvalue weighted by molar-refractivity contribution is 5.56. The van der Waals surface area contributed by atoms with Crippen LogP contribution in [0.2, 0.25) is 0 Å². The molecule has 1 aliphatic carbocycles. The topological polar surface area (TPSA) is 18.5 Å². The van der Waals surface area contributed by atoms with Crippen molar-refractivity contribution >= 4 is 6.08 Å². The minimum atomic E-state index is 0.350. The normalized spacial score (nSPS) is 16.6. The highest BCUT2D eigenvalue weighted by atomic mass is 16.5. The van der Waals surface area contributed by atoms with Crippen LogP contribution < -0.4 is 9.47 Å². The van der Waals surface area contributed by atoms with Crippen molar-refractivity contribution in [3.63, 3.8) is 0 Å². The summed E-state index contributed by atoms with van der Waals surface area (Å²) in [5, 5.41) is 0. The third kappa shape index (κ3) is 3.02. The predicted octanol–water partition coefficient (Wildman–Crippen LogP) is 3.86. The first-order valence-electron chi connectivity index (χ1n) is 6.14. The quantitative estimate of drug-likeness (QED) is 0.783. The summed E-state index contributed by atoms with van der Waals surface area (Å²) in [5.74, 6) is 1.65. The number of methoxy groups -OCH3 is 1. The number of benzene rings is 1. The van der Waals surface area contributed by atoms with Gasteiger partial charge in [-0.1, -0.05) is 18.2 Å². The standard InChI is InChI=1S/C15H19O2/c1-3-6-12-9-10-14(16-2)15(11-12)17-13-7-4-5-8-13/h3,6,9-11,13H,1,4-5,7-8H2,2H3/b6-3+. The van der Waals surface area contributed by atoms with E-state index in [0.29, 0.717) is 6.10 Å². The molecule has 1 aromatic rings. The number of hydrogen-bond donors (Lipinski definition) is 0. The Morgan fingerprint density at radius 2 is 2.00 bits per heavy atom. The van der Waals surface area contributed by atoms with Gasteiger partial charge in [-0.3, -0.25) is 0 Å². The fourth-order valence-corrected chi connectivity index (χ4v) is 2.21. The summed E-state index contributed by atoms with van der Waals surface area (Å²) in [6.07, 6.45) is 8.93. The molecule has 2 rings (SSSR count). The summed E-state index contributed by atoms with van der Waals surface area (Å²) in [7, 11) is 1.67. The summed E-state index contributed by atoms with van der Waals surface area (Å²) < 4.78 is 11.3. The molecule has 0 saturated heterocycles. The Morgan fingerprint density at radius 3 is 2.65 bits per heavy atom. The largest absolute Gasteiger partial charge is 0.493 e. The SMILES string of the molecule is [CH2]/C=C/c1ccc(OC)c(OC2CCCC2)c1. The molecule has 0 spiro atoms. The van der Waals surface area contributed by atoms with E-state index in [4.69, 9.17) is 9.47 Å². The maximum Gasteiger partial charge on any atom is 0.162 e. The maximum absolute atomic E-state index is 6.01. The average molecular weight is 231 g/mol. The predicted molar refractivity (Wildman–Crippen MR) is 70.3 cm³/mol. The second kappa shape index (κ2) is 5.76. The van der Waals surface area contributed by atoms with Gasteiger partial charge < -0.3 is 9.47 Å². The van der Waals surface area contributed by atoms with E-state index in [-0.39, 0.29) is 0 Å². The van der Waals surface area contributed by atoms with Crippen molar-refractivity contribution in [3.05, 3.63) is 36.8 Å². The number of hydrogen-bond acceptors (Lipinski definition) is 2. The van der Waals surface area contributed by atoms with E-state index in [9.17, 15) is 0 Å². The smallest absolute Gasteiger partial charge is 0.162 e. The Hall–Kier alpha value is -1.44. The molecule has 0 heterocycles. The van der Waals surface area contributed by atoms with E-state index < -0.39 is 0 Å². The third-order valence-electron chi connectivity index (χ3n) is 3.09. The van der Waals surface area contributed by atoms with Gasteiger partial charge >= 0.3 is 0 Å². The summed E-state index contributed by atoms with van der Waals surface area (Å²) >= 11 is 0. The Labute approximate surface area is 103 Å². The van der Waals surface area contributed by atoms with Gasteiger partial charge in [0.1, 0.15) is 0 Å². The van der Waals surface area contributed by atoms with E-state index in [0.717, 1.165) is 29.9 Å². The molecule has 91 valence electrons. The molecule has 1 aromatic carbocycles. The highest BCUT2D eigenvalue weighted by Gasteiger charge is 2.18. The highest BCUT2D eigenvalue weighted by Crippen LogP contribution is 2.32. The average Bonchev–Trinajstić information content (AvgIpc) is 2.83. The van der Waals surface area contributed by atoms with Crippen molar-refractivity contribution in [3.8, 4) is 11.5 Å². The van der Waals surface area contributed by atoms with Gasteiger partial charge in [0.15, 0.2) is 11.5 Å². The van der Waals surface area contributed by atoms with Gasteiger partial charge in [0.25, 0.3) is 0 Å². The maximum atomic E-state index is 6.01. The van der Waals surface area contributed by atoms with Crippen LogP contribution >= 0.6 is 0 Å². The van der Waals surface area contributed by atoms with E-state index in [2.05, 4.69) is 6.92 Å². The Kier molecular flexibility index (Phi) is 4.08. The van der Waals surface area contributed by atoms with Crippen molar-refractivity contribution in [2.45, 2.75) is 31.8 Å². The molecule has 1 radical (unpaired) electrons. The van der Waals surface area contributed by atoms with E-state index >= 15 is 0 Å². The molecule has 2 nitrogen and oxygen atoms in total. The summed E-state index contributed by atoms with van der Waals surface area (Å²) in [5.41, 5.74) is 1.09. The van der Waals surface area contributed by atoms with E-state index in [1.807, 2.05) is 24.3 Å². The molecule has 1 saturated carbocycles. The minimum Gasteiger partial charge on any atom is -0.493 e. The van der Waals surface area contributed by atoms with Crippen molar-refractivity contribution in [2.24, 2.45) is 0 Å². The second-order valence-corrected chi connectivity index (χ2v) is 4.34. The number of allylic oxidation sites excluding steroid dienone is 1. The van der Waals surface area contributed by atoms with Crippen LogP contribution in [0.25, 0.3) is 6.08 Å². The molecular formula is C15H19O2. The monoisotopic (exact) mass is 231 g/mol. The first-order valence-corrected chi connectivity index (χ1v) is 6.14. The fourth-order valence-electron chi connectivity index (χ4n) is 2.21. The first-order chi connectivity index (χ1) is 8.33. The van der Waals surface area contributed by atoms with E-state index in [1.54, 1.807) is 13.2 Å². The van der Waals surface area contributed by atoms with Crippen LogP contribution in [-0.2, 0) is 0 Å². The molecule has 0 aliphatic heterocycles. The van der Waals surface area contributed by atoms with Crippen molar-refractivity contribution < 1.29 is 9.47 Å². The second-order valence-electron chi connectivity index (χ2n) is 4.34. The zero-order valence-corrected chi connectivity index (χ0v) is 10.3. The molecule has 0 unspecified atom stereocenters. The van der Waals surface area contributed by atoms with Gasteiger partial charge in [-0.25, -0.2) is 0 Å². The lowest BCUT2D eigenvalue weighted by Gasteiger charge is -2.16. The molecule has 0 amide bonds. The summed E-state index contributed by atoms with van der Waals surface area (Å²) in [4.78, 5) is 0. The Morgan fingerprint density at radius 1 is 1.24 bits per heavy atom. The molecule has 17 heavy (non-hydrogen) atoms. The molecule has 2 heteroatoms. The van der Waals surface area contributed by atoms with Crippen molar-refractivity contribution in [2.75, 3.05) is 7.11 Å². The molecule has 0 N–H and O–H groups in total. The lowest BCUT2D eigenvalue weighted by atomic mass is 10.2. The van der Waals surface area contributed by atoms with Gasteiger partial charge in [0, 0.05) is 0 Å². The van der Waals surface area contributed by atoms with Crippen LogP contribution in [0.1, 0.15) is 31.2 Å². The molecule has 1 aliphatic rings. The molecule has 0 atom stereocenters. The van der Waals surface area contributed by atoms with Crippen molar-refractivity contribution in [1.82, 2.24) is 0 Å².